The Labute approximate surface area is 77.5 Å². The lowest BCUT2D eigenvalue weighted by atomic mass is 10.3. The van der Waals surface area contributed by atoms with Gasteiger partial charge in [0.1, 0.15) is 0 Å². The normalized spacial score (nSPS) is 18.3. The highest BCUT2D eigenvalue weighted by atomic mass is 16.2. The minimum absolute atomic E-state index is 0.00313. The maximum Gasteiger partial charge on any atom is 0.242 e. The Morgan fingerprint density at radius 3 is 2.62 bits per heavy atom. The largest absolute Gasteiger partial charge is 0.335 e. The highest BCUT2D eigenvalue weighted by Gasteiger charge is 2.26. The number of nitrogens with two attached hydrogens (primary N) is 1. The Kier molecular flexibility index (Phi) is 3.25. The van der Waals surface area contributed by atoms with Gasteiger partial charge in [-0.05, 0) is 13.0 Å². The second kappa shape index (κ2) is 4.23. The summed E-state index contributed by atoms with van der Waals surface area (Å²) in [6, 6.07) is 0. The first-order valence-corrected chi connectivity index (χ1v) is 4.37. The standard InChI is InChI=1S/C8H15N3O2/c1-10-5-8(13)11(4-2-3-9)6-7(10)12/h2-6,9H2,1H3. The fraction of sp³-hybridized carbons (Fsp3) is 0.750. The molecule has 0 aliphatic carbocycles. The smallest absolute Gasteiger partial charge is 0.242 e. The summed E-state index contributed by atoms with van der Waals surface area (Å²) in [5, 5.41) is 0. The maximum absolute atomic E-state index is 11.3. The van der Waals surface area contributed by atoms with Gasteiger partial charge in [0.25, 0.3) is 0 Å². The summed E-state index contributed by atoms with van der Waals surface area (Å²) in [5.74, 6) is 0.00664. The van der Waals surface area contributed by atoms with E-state index >= 15 is 0 Å². The van der Waals surface area contributed by atoms with Crippen LogP contribution in [0.4, 0.5) is 0 Å². The minimum Gasteiger partial charge on any atom is -0.335 e. The van der Waals surface area contributed by atoms with E-state index in [1.54, 1.807) is 11.9 Å². The van der Waals surface area contributed by atoms with E-state index in [2.05, 4.69) is 0 Å². The first kappa shape index (κ1) is 9.98. The molecule has 1 rings (SSSR count). The number of hydrogen-bond acceptors (Lipinski definition) is 3. The van der Waals surface area contributed by atoms with Crippen molar-refractivity contribution in [3.05, 3.63) is 0 Å². The highest BCUT2D eigenvalue weighted by molar-refractivity contribution is 5.92. The van der Waals surface area contributed by atoms with E-state index in [4.69, 9.17) is 5.73 Å². The average Bonchev–Trinajstić information content (AvgIpc) is 2.09. The molecular formula is C8H15N3O2. The van der Waals surface area contributed by atoms with Crippen molar-refractivity contribution in [1.29, 1.82) is 0 Å². The van der Waals surface area contributed by atoms with Crippen LogP contribution in [0, 0.1) is 0 Å². The molecule has 1 saturated heterocycles. The molecule has 0 radical (unpaired) electrons. The van der Waals surface area contributed by atoms with E-state index < -0.39 is 0 Å². The van der Waals surface area contributed by atoms with Crippen molar-refractivity contribution in [2.45, 2.75) is 6.42 Å². The lowest BCUT2D eigenvalue weighted by Crippen LogP contribution is -2.52. The zero-order chi connectivity index (χ0) is 9.84. The van der Waals surface area contributed by atoms with Gasteiger partial charge in [-0.25, -0.2) is 0 Å². The Bertz CT molecular complexity index is 217. The van der Waals surface area contributed by atoms with Crippen LogP contribution in [-0.2, 0) is 9.59 Å². The van der Waals surface area contributed by atoms with Gasteiger partial charge in [-0.15, -0.1) is 0 Å². The van der Waals surface area contributed by atoms with E-state index in [9.17, 15) is 9.59 Å². The predicted molar refractivity (Wildman–Crippen MR) is 47.9 cm³/mol. The van der Waals surface area contributed by atoms with Crippen molar-refractivity contribution in [3.8, 4) is 0 Å². The van der Waals surface area contributed by atoms with Crippen LogP contribution in [0.3, 0.4) is 0 Å². The molecule has 0 aromatic heterocycles. The number of rotatable bonds is 3. The molecule has 0 unspecified atom stereocenters. The fourth-order valence-corrected chi connectivity index (χ4v) is 1.25. The SMILES string of the molecule is CN1CC(=O)N(CCCN)CC1=O. The van der Waals surface area contributed by atoms with E-state index in [0.29, 0.717) is 13.1 Å². The summed E-state index contributed by atoms with van der Waals surface area (Å²) in [6.07, 6.45) is 0.753. The summed E-state index contributed by atoms with van der Waals surface area (Å²) in [5.41, 5.74) is 5.32. The van der Waals surface area contributed by atoms with E-state index in [1.807, 2.05) is 0 Å². The van der Waals surface area contributed by atoms with Gasteiger partial charge in [0.15, 0.2) is 0 Å². The van der Waals surface area contributed by atoms with Gasteiger partial charge < -0.3 is 15.5 Å². The molecular weight excluding hydrogens is 170 g/mol. The Balaban J connectivity index is 2.46. The van der Waals surface area contributed by atoms with Gasteiger partial charge in [0.2, 0.25) is 11.8 Å². The molecule has 5 nitrogen and oxygen atoms in total. The number of carbonyl (C=O) groups excluding carboxylic acids is 2. The molecule has 0 aromatic carbocycles. The molecule has 5 heteroatoms. The summed E-state index contributed by atoms with van der Waals surface area (Å²) in [7, 11) is 1.64. The summed E-state index contributed by atoms with van der Waals surface area (Å²) in [4.78, 5) is 25.6. The summed E-state index contributed by atoms with van der Waals surface area (Å²) < 4.78 is 0. The zero-order valence-electron chi connectivity index (χ0n) is 7.82. The molecule has 0 bridgehead atoms. The molecule has 0 spiro atoms. The monoisotopic (exact) mass is 185 g/mol. The number of hydrogen-bond donors (Lipinski definition) is 1. The first-order chi connectivity index (χ1) is 6.15. The van der Waals surface area contributed by atoms with Crippen LogP contribution in [0.15, 0.2) is 0 Å². The molecule has 0 atom stereocenters. The van der Waals surface area contributed by atoms with E-state index in [1.165, 1.54) is 4.90 Å². The van der Waals surface area contributed by atoms with Crippen LogP contribution in [0.1, 0.15) is 6.42 Å². The third-order valence-electron chi connectivity index (χ3n) is 2.11. The maximum atomic E-state index is 11.3. The van der Waals surface area contributed by atoms with Crippen molar-refractivity contribution in [2.24, 2.45) is 5.73 Å². The van der Waals surface area contributed by atoms with Gasteiger partial charge in [0, 0.05) is 13.6 Å². The molecule has 2 N–H and O–H groups in total. The molecule has 1 heterocycles. The third kappa shape index (κ3) is 2.42. The zero-order valence-corrected chi connectivity index (χ0v) is 7.82. The van der Waals surface area contributed by atoms with Crippen LogP contribution >= 0.6 is 0 Å². The van der Waals surface area contributed by atoms with E-state index in [-0.39, 0.29) is 24.9 Å². The quantitative estimate of drug-likeness (QED) is 0.590. The topological polar surface area (TPSA) is 66.6 Å². The second-order valence-corrected chi connectivity index (χ2v) is 3.21. The fourth-order valence-electron chi connectivity index (χ4n) is 1.25. The molecule has 74 valence electrons. The Hall–Kier alpha value is -1.10. The number of piperazine rings is 1. The molecule has 2 amide bonds. The number of carbonyl (C=O) groups is 2. The Morgan fingerprint density at radius 1 is 1.31 bits per heavy atom. The van der Waals surface area contributed by atoms with Gasteiger partial charge in [0.05, 0.1) is 13.1 Å². The first-order valence-electron chi connectivity index (χ1n) is 4.37. The molecule has 1 aliphatic rings. The number of likely N-dealkylation sites (N-methyl/N-ethyl adjacent to an activating group) is 1. The van der Waals surface area contributed by atoms with Gasteiger partial charge in [-0.2, -0.15) is 0 Å². The van der Waals surface area contributed by atoms with Crippen molar-refractivity contribution in [1.82, 2.24) is 9.80 Å². The van der Waals surface area contributed by atoms with Crippen molar-refractivity contribution < 1.29 is 9.59 Å². The number of nitrogens with zero attached hydrogens (tertiary/aromatic N) is 2. The molecule has 0 saturated carbocycles. The van der Waals surface area contributed by atoms with Gasteiger partial charge in [-0.1, -0.05) is 0 Å². The number of amides is 2. The minimum atomic E-state index is -0.00313. The Morgan fingerprint density at radius 2 is 2.00 bits per heavy atom. The van der Waals surface area contributed by atoms with Gasteiger partial charge in [-0.3, -0.25) is 9.59 Å². The molecule has 1 aliphatic heterocycles. The summed E-state index contributed by atoms with van der Waals surface area (Å²) >= 11 is 0. The van der Waals surface area contributed by atoms with Crippen molar-refractivity contribution in [2.75, 3.05) is 33.2 Å². The van der Waals surface area contributed by atoms with E-state index in [0.717, 1.165) is 6.42 Å². The van der Waals surface area contributed by atoms with Crippen LogP contribution in [-0.4, -0.2) is 54.8 Å². The predicted octanol–water partition coefficient (Wildman–Crippen LogP) is -1.36. The van der Waals surface area contributed by atoms with Crippen molar-refractivity contribution in [3.63, 3.8) is 0 Å². The molecule has 1 fully saturated rings. The third-order valence-corrected chi connectivity index (χ3v) is 2.11. The van der Waals surface area contributed by atoms with Gasteiger partial charge >= 0.3 is 0 Å². The van der Waals surface area contributed by atoms with Crippen LogP contribution in [0.25, 0.3) is 0 Å². The average molecular weight is 185 g/mol. The van der Waals surface area contributed by atoms with Crippen LogP contribution < -0.4 is 5.73 Å². The molecule has 0 aromatic rings. The lowest BCUT2D eigenvalue weighted by molar-refractivity contribution is -0.148. The van der Waals surface area contributed by atoms with Crippen molar-refractivity contribution >= 4 is 11.8 Å². The highest BCUT2D eigenvalue weighted by Crippen LogP contribution is 2.02. The lowest BCUT2D eigenvalue weighted by Gasteiger charge is -2.31. The second-order valence-electron chi connectivity index (χ2n) is 3.21. The van der Waals surface area contributed by atoms with Crippen LogP contribution in [0.5, 0.6) is 0 Å². The van der Waals surface area contributed by atoms with Crippen LogP contribution in [0.2, 0.25) is 0 Å². The molecule has 13 heavy (non-hydrogen) atoms. The summed E-state index contributed by atoms with van der Waals surface area (Å²) in [6.45, 7) is 1.54.